The lowest BCUT2D eigenvalue weighted by Crippen LogP contribution is -2.41. The van der Waals surface area contributed by atoms with E-state index in [2.05, 4.69) is 5.32 Å². The van der Waals surface area contributed by atoms with Gasteiger partial charge in [0.05, 0.1) is 0 Å². The Balaban J connectivity index is 1.40. The molecule has 30 heavy (non-hydrogen) atoms. The molecule has 2 amide bonds. The lowest BCUT2D eigenvalue weighted by molar-refractivity contribution is -0.133. The van der Waals surface area contributed by atoms with Crippen LogP contribution in [0.3, 0.4) is 0 Å². The Morgan fingerprint density at radius 3 is 2.47 bits per heavy atom. The lowest BCUT2D eigenvalue weighted by Gasteiger charge is -2.32. The SMILES string of the molecule is CC(=O)Oc1cccc(C(=O)NCC2CCN(C(=O)CCc3ccccc3)CC2)c1. The maximum atomic E-state index is 12.5. The average molecular weight is 408 g/mol. The van der Waals surface area contributed by atoms with Crippen molar-refractivity contribution >= 4 is 17.8 Å². The molecular weight excluding hydrogens is 380 g/mol. The topological polar surface area (TPSA) is 75.7 Å². The Kier molecular flexibility index (Phi) is 7.60. The molecule has 0 bridgehead atoms. The van der Waals surface area contributed by atoms with Crippen LogP contribution in [0.1, 0.15) is 42.1 Å². The highest BCUT2D eigenvalue weighted by molar-refractivity contribution is 5.94. The summed E-state index contributed by atoms with van der Waals surface area (Å²) >= 11 is 0. The molecule has 3 rings (SSSR count). The van der Waals surface area contributed by atoms with E-state index in [1.54, 1.807) is 24.3 Å². The van der Waals surface area contributed by atoms with E-state index in [1.165, 1.54) is 12.5 Å². The molecule has 2 aromatic carbocycles. The van der Waals surface area contributed by atoms with Gasteiger partial charge in [0.1, 0.15) is 5.75 Å². The van der Waals surface area contributed by atoms with Gasteiger partial charge in [-0.1, -0.05) is 36.4 Å². The number of carbonyl (C=O) groups is 3. The van der Waals surface area contributed by atoms with Gasteiger partial charge in [0.2, 0.25) is 5.91 Å². The molecule has 0 unspecified atom stereocenters. The Morgan fingerprint density at radius 1 is 1.03 bits per heavy atom. The number of likely N-dealkylation sites (tertiary alicyclic amines) is 1. The molecule has 1 fully saturated rings. The van der Waals surface area contributed by atoms with Crippen LogP contribution in [0.5, 0.6) is 5.75 Å². The molecule has 6 heteroatoms. The average Bonchev–Trinajstić information content (AvgIpc) is 2.76. The third-order valence-electron chi connectivity index (χ3n) is 5.35. The molecule has 0 saturated carbocycles. The normalized spacial score (nSPS) is 14.2. The number of amides is 2. The van der Waals surface area contributed by atoms with E-state index >= 15 is 0 Å². The smallest absolute Gasteiger partial charge is 0.308 e. The van der Waals surface area contributed by atoms with Crippen LogP contribution < -0.4 is 10.1 Å². The van der Waals surface area contributed by atoms with Crippen molar-refractivity contribution in [2.45, 2.75) is 32.6 Å². The summed E-state index contributed by atoms with van der Waals surface area (Å²) in [5, 5.41) is 2.96. The van der Waals surface area contributed by atoms with Crippen molar-refractivity contribution in [2.75, 3.05) is 19.6 Å². The predicted octanol–water partition coefficient (Wildman–Crippen LogP) is 3.21. The first kappa shape index (κ1) is 21.6. The molecule has 1 aliphatic rings. The lowest BCUT2D eigenvalue weighted by atomic mass is 9.96. The van der Waals surface area contributed by atoms with Gasteiger partial charge in [0, 0.05) is 38.5 Å². The molecule has 0 radical (unpaired) electrons. The zero-order chi connectivity index (χ0) is 21.3. The molecular formula is C24H28N2O4. The van der Waals surface area contributed by atoms with Crippen LogP contribution >= 0.6 is 0 Å². The van der Waals surface area contributed by atoms with Crippen LogP contribution in [0.4, 0.5) is 0 Å². The molecule has 1 N–H and O–H groups in total. The van der Waals surface area contributed by atoms with E-state index < -0.39 is 5.97 Å². The quantitative estimate of drug-likeness (QED) is 0.564. The van der Waals surface area contributed by atoms with Crippen molar-refractivity contribution in [3.05, 3.63) is 65.7 Å². The standard InChI is InChI=1S/C24H28N2O4/c1-18(27)30-22-9-5-8-21(16-22)24(29)25-17-20-12-14-26(15-13-20)23(28)11-10-19-6-3-2-4-7-19/h2-9,16,20H,10-15,17H2,1H3,(H,25,29). The second kappa shape index (κ2) is 10.6. The van der Waals surface area contributed by atoms with E-state index in [0.29, 0.717) is 30.2 Å². The van der Waals surface area contributed by atoms with Crippen molar-refractivity contribution in [1.29, 1.82) is 0 Å². The Labute approximate surface area is 177 Å². The number of aryl methyl sites for hydroxylation is 1. The van der Waals surface area contributed by atoms with Gasteiger partial charge in [-0.25, -0.2) is 0 Å². The fraction of sp³-hybridized carbons (Fsp3) is 0.375. The Hall–Kier alpha value is -3.15. The first-order valence-electron chi connectivity index (χ1n) is 10.4. The van der Waals surface area contributed by atoms with Gasteiger partial charge in [0.15, 0.2) is 0 Å². The van der Waals surface area contributed by atoms with Gasteiger partial charge in [-0.05, 0) is 48.9 Å². The monoisotopic (exact) mass is 408 g/mol. The summed E-state index contributed by atoms with van der Waals surface area (Å²) in [5.41, 5.74) is 1.64. The molecule has 1 heterocycles. The molecule has 0 aromatic heterocycles. The second-order valence-electron chi connectivity index (χ2n) is 7.64. The van der Waals surface area contributed by atoms with Crippen molar-refractivity contribution in [3.63, 3.8) is 0 Å². The molecule has 6 nitrogen and oxygen atoms in total. The van der Waals surface area contributed by atoms with Crippen molar-refractivity contribution < 1.29 is 19.1 Å². The maximum Gasteiger partial charge on any atom is 0.308 e. The van der Waals surface area contributed by atoms with Crippen LogP contribution in [0.25, 0.3) is 0 Å². The number of carbonyl (C=O) groups excluding carboxylic acids is 3. The number of hydrogen-bond donors (Lipinski definition) is 1. The molecule has 158 valence electrons. The minimum atomic E-state index is -0.419. The van der Waals surface area contributed by atoms with Crippen LogP contribution in [0.15, 0.2) is 54.6 Å². The minimum absolute atomic E-state index is 0.189. The van der Waals surface area contributed by atoms with Crippen LogP contribution in [0.2, 0.25) is 0 Å². The number of piperidine rings is 1. The summed E-state index contributed by atoms with van der Waals surface area (Å²) in [7, 11) is 0. The second-order valence-corrected chi connectivity index (χ2v) is 7.64. The fourth-order valence-electron chi connectivity index (χ4n) is 3.65. The first-order valence-corrected chi connectivity index (χ1v) is 10.4. The Morgan fingerprint density at radius 2 is 1.77 bits per heavy atom. The fourth-order valence-corrected chi connectivity index (χ4v) is 3.65. The Bertz CT molecular complexity index is 874. The van der Waals surface area contributed by atoms with Gasteiger partial charge in [-0.2, -0.15) is 0 Å². The van der Waals surface area contributed by atoms with E-state index in [1.807, 2.05) is 35.2 Å². The van der Waals surface area contributed by atoms with Gasteiger partial charge in [0.25, 0.3) is 5.91 Å². The van der Waals surface area contributed by atoms with Crippen molar-refractivity contribution in [2.24, 2.45) is 5.92 Å². The van der Waals surface area contributed by atoms with Gasteiger partial charge in [-0.15, -0.1) is 0 Å². The minimum Gasteiger partial charge on any atom is -0.427 e. The number of hydrogen-bond acceptors (Lipinski definition) is 4. The summed E-state index contributed by atoms with van der Waals surface area (Å²) in [4.78, 5) is 37.9. The summed E-state index contributed by atoms with van der Waals surface area (Å²) in [6, 6.07) is 16.6. The van der Waals surface area contributed by atoms with E-state index in [0.717, 1.165) is 32.4 Å². The van der Waals surface area contributed by atoms with Gasteiger partial charge in [-0.3, -0.25) is 14.4 Å². The summed E-state index contributed by atoms with van der Waals surface area (Å²) in [5.74, 6) is 0.299. The number of nitrogens with zero attached hydrogens (tertiary/aromatic N) is 1. The zero-order valence-electron chi connectivity index (χ0n) is 17.3. The summed E-state index contributed by atoms with van der Waals surface area (Å²) in [6.45, 7) is 3.36. The third-order valence-corrected chi connectivity index (χ3v) is 5.35. The van der Waals surface area contributed by atoms with E-state index in [4.69, 9.17) is 4.74 Å². The summed E-state index contributed by atoms with van der Waals surface area (Å²) < 4.78 is 5.03. The van der Waals surface area contributed by atoms with Crippen LogP contribution in [-0.2, 0) is 16.0 Å². The summed E-state index contributed by atoms with van der Waals surface area (Å²) in [6.07, 6.45) is 3.06. The molecule has 0 spiro atoms. The van der Waals surface area contributed by atoms with Crippen LogP contribution in [-0.4, -0.2) is 42.3 Å². The molecule has 2 aromatic rings. The van der Waals surface area contributed by atoms with E-state index in [-0.39, 0.29) is 11.8 Å². The zero-order valence-corrected chi connectivity index (χ0v) is 17.3. The number of nitrogens with one attached hydrogen (secondary N) is 1. The first-order chi connectivity index (χ1) is 14.5. The number of esters is 1. The highest BCUT2D eigenvalue weighted by Gasteiger charge is 2.23. The third kappa shape index (κ3) is 6.44. The molecule has 1 saturated heterocycles. The van der Waals surface area contributed by atoms with Gasteiger partial charge >= 0.3 is 5.97 Å². The highest BCUT2D eigenvalue weighted by atomic mass is 16.5. The van der Waals surface area contributed by atoms with Crippen molar-refractivity contribution in [1.82, 2.24) is 10.2 Å². The van der Waals surface area contributed by atoms with E-state index in [9.17, 15) is 14.4 Å². The largest absolute Gasteiger partial charge is 0.427 e. The van der Waals surface area contributed by atoms with Crippen LogP contribution in [0, 0.1) is 5.92 Å². The molecule has 0 aliphatic carbocycles. The number of ether oxygens (including phenoxy) is 1. The molecule has 0 atom stereocenters. The number of rotatable bonds is 7. The van der Waals surface area contributed by atoms with Crippen molar-refractivity contribution in [3.8, 4) is 5.75 Å². The van der Waals surface area contributed by atoms with Gasteiger partial charge < -0.3 is 15.0 Å². The maximum absolute atomic E-state index is 12.5. The number of benzene rings is 2. The molecule has 1 aliphatic heterocycles. The highest BCUT2D eigenvalue weighted by Crippen LogP contribution is 2.18. The predicted molar refractivity (Wildman–Crippen MR) is 114 cm³/mol.